The zero-order valence-electron chi connectivity index (χ0n) is 10.4. The van der Waals surface area contributed by atoms with E-state index < -0.39 is 0 Å². The van der Waals surface area contributed by atoms with E-state index in [1.54, 1.807) is 19.2 Å². The van der Waals surface area contributed by atoms with E-state index in [-0.39, 0.29) is 5.78 Å². The first kappa shape index (κ1) is 12.7. The second-order valence-electron chi connectivity index (χ2n) is 4.09. The van der Waals surface area contributed by atoms with E-state index in [9.17, 15) is 4.79 Å². The molecule has 88 valence electrons. The summed E-state index contributed by atoms with van der Waals surface area (Å²) in [6, 6.07) is 3.61. The van der Waals surface area contributed by atoms with Gasteiger partial charge in [0.1, 0.15) is 5.82 Å². The smallest absolute Gasteiger partial charge is 0.159 e. The summed E-state index contributed by atoms with van der Waals surface area (Å²) < 4.78 is 0. The zero-order valence-corrected chi connectivity index (χ0v) is 10.4. The van der Waals surface area contributed by atoms with Crippen molar-refractivity contribution in [2.45, 2.75) is 33.1 Å². The topological polar surface area (TPSA) is 33.2 Å². The van der Waals surface area contributed by atoms with Gasteiger partial charge in [-0.3, -0.25) is 4.79 Å². The summed E-state index contributed by atoms with van der Waals surface area (Å²) in [6.07, 6.45) is 5.31. The Bertz CT molecular complexity index is 350. The highest BCUT2D eigenvalue weighted by Crippen LogP contribution is 2.12. The summed E-state index contributed by atoms with van der Waals surface area (Å²) in [4.78, 5) is 17.6. The van der Waals surface area contributed by atoms with Crippen LogP contribution >= 0.6 is 0 Å². The van der Waals surface area contributed by atoms with Crippen molar-refractivity contribution in [1.29, 1.82) is 0 Å². The molecule has 0 atom stereocenters. The number of anilines is 1. The molecule has 1 aromatic heterocycles. The van der Waals surface area contributed by atoms with Crippen LogP contribution in [0.3, 0.4) is 0 Å². The van der Waals surface area contributed by atoms with Crippen molar-refractivity contribution >= 4 is 11.6 Å². The molecule has 3 nitrogen and oxygen atoms in total. The van der Waals surface area contributed by atoms with Crippen molar-refractivity contribution in [3.8, 4) is 0 Å². The molecule has 0 spiro atoms. The fourth-order valence-electron chi connectivity index (χ4n) is 1.56. The number of ketones is 1. The number of carbonyl (C=O) groups is 1. The van der Waals surface area contributed by atoms with Gasteiger partial charge in [0.15, 0.2) is 5.78 Å². The maximum Gasteiger partial charge on any atom is 0.159 e. The molecule has 0 aliphatic heterocycles. The molecule has 0 aromatic carbocycles. The Hall–Kier alpha value is -1.38. The average molecular weight is 220 g/mol. The number of unbranched alkanes of at least 4 members (excludes halogenated alkanes) is 2. The number of hydrogen-bond donors (Lipinski definition) is 0. The Labute approximate surface area is 97.5 Å². The first-order valence-corrected chi connectivity index (χ1v) is 5.83. The van der Waals surface area contributed by atoms with Gasteiger partial charge >= 0.3 is 0 Å². The van der Waals surface area contributed by atoms with Gasteiger partial charge in [-0.2, -0.15) is 0 Å². The number of nitrogens with zero attached hydrogens (tertiary/aromatic N) is 2. The molecule has 1 rings (SSSR count). The fraction of sp³-hybridized carbons (Fsp3) is 0.538. The van der Waals surface area contributed by atoms with Gasteiger partial charge in [-0.15, -0.1) is 0 Å². The predicted octanol–water partition coefficient (Wildman–Crippen LogP) is 2.91. The lowest BCUT2D eigenvalue weighted by molar-refractivity contribution is 0.101. The third-order valence-electron chi connectivity index (χ3n) is 2.64. The van der Waals surface area contributed by atoms with Crippen LogP contribution in [0.15, 0.2) is 18.3 Å². The van der Waals surface area contributed by atoms with Crippen molar-refractivity contribution in [2.24, 2.45) is 0 Å². The molecule has 0 amide bonds. The average Bonchev–Trinajstić information content (AvgIpc) is 2.29. The van der Waals surface area contributed by atoms with E-state index in [1.165, 1.54) is 19.3 Å². The minimum Gasteiger partial charge on any atom is -0.360 e. The highest BCUT2D eigenvalue weighted by Gasteiger charge is 2.05. The second kappa shape index (κ2) is 6.26. The fourth-order valence-corrected chi connectivity index (χ4v) is 1.56. The Morgan fingerprint density at radius 2 is 2.19 bits per heavy atom. The first-order chi connectivity index (χ1) is 7.65. The van der Waals surface area contributed by atoms with Crippen LogP contribution < -0.4 is 4.90 Å². The molecule has 0 aliphatic rings. The molecule has 0 aliphatic carbocycles. The van der Waals surface area contributed by atoms with Crippen LogP contribution in [0.1, 0.15) is 43.5 Å². The molecule has 3 heteroatoms. The molecule has 16 heavy (non-hydrogen) atoms. The molecular weight excluding hydrogens is 200 g/mol. The van der Waals surface area contributed by atoms with Crippen molar-refractivity contribution in [2.75, 3.05) is 18.5 Å². The van der Waals surface area contributed by atoms with E-state index in [1.807, 2.05) is 13.1 Å². The first-order valence-electron chi connectivity index (χ1n) is 5.83. The van der Waals surface area contributed by atoms with Crippen molar-refractivity contribution < 1.29 is 4.79 Å². The molecule has 0 fully saturated rings. The highest BCUT2D eigenvalue weighted by molar-refractivity contribution is 5.94. The Kier molecular flexibility index (Phi) is 4.96. The Morgan fingerprint density at radius 3 is 2.81 bits per heavy atom. The number of rotatable bonds is 6. The number of Topliss-reactive ketones (excluding diaryl/α,β-unsaturated/α-hetero) is 1. The number of aromatic nitrogens is 1. The molecule has 0 saturated carbocycles. The second-order valence-corrected chi connectivity index (χ2v) is 4.09. The summed E-state index contributed by atoms with van der Waals surface area (Å²) in [5.74, 6) is 0.967. The maximum absolute atomic E-state index is 11.2. The third kappa shape index (κ3) is 3.65. The SMILES string of the molecule is CCCCCN(C)c1cc(C(C)=O)ccn1. The number of carbonyl (C=O) groups excluding carboxylic acids is 1. The van der Waals surface area contributed by atoms with Gasteiger partial charge in [0.2, 0.25) is 0 Å². The predicted molar refractivity (Wildman–Crippen MR) is 67.0 cm³/mol. The summed E-state index contributed by atoms with van der Waals surface area (Å²) in [6.45, 7) is 4.76. The van der Waals surface area contributed by atoms with Crippen LogP contribution in [-0.4, -0.2) is 24.4 Å². The van der Waals surface area contributed by atoms with E-state index in [2.05, 4.69) is 16.8 Å². The minimum absolute atomic E-state index is 0.0885. The number of pyridine rings is 1. The summed E-state index contributed by atoms with van der Waals surface area (Å²) in [5.41, 5.74) is 0.729. The lowest BCUT2D eigenvalue weighted by atomic mass is 10.2. The van der Waals surface area contributed by atoms with Crippen LogP contribution in [-0.2, 0) is 0 Å². The lowest BCUT2D eigenvalue weighted by Crippen LogP contribution is -2.19. The summed E-state index contributed by atoms with van der Waals surface area (Å²) >= 11 is 0. The van der Waals surface area contributed by atoms with Gasteiger partial charge in [-0.05, 0) is 25.5 Å². The normalized spacial score (nSPS) is 10.2. The van der Waals surface area contributed by atoms with Gasteiger partial charge in [-0.25, -0.2) is 4.98 Å². The van der Waals surface area contributed by atoms with Crippen LogP contribution in [0.4, 0.5) is 5.82 Å². The molecule has 1 heterocycles. The summed E-state index contributed by atoms with van der Waals surface area (Å²) in [7, 11) is 2.02. The summed E-state index contributed by atoms with van der Waals surface area (Å²) in [5, 5.41) is 0. The van der Waals surface area contributed by atoms with E-state index >= 15 is 0 Å². The van der Waals surface area contributed by atoms with Gasteiger partial charge in [0.05, 0.1) is 0 Å². The zero-order chi connectivity index (χ0) is 12.0. The van der Waals surface area contributed by atoms with Gasteiger partial charge in [0, 0.05) is 25.4 Å². The van der Waals surface area contributed by atoms with Crippen LogP contribution in [0.25, 0.3) is 0 Å². The lowest BCUT2D eigenvalue weighted by Gasteiger charge is -2.18. The van der Waals surface area contributed by atoms with Gasteiger partial charge in [0.25, 0.3) is 0 Å². The van der Waals surface area contributed by atoms with E-state index in [4.69, 9.17) is 0 Å². The minimum atomic E-state index is 0.0885. The van der Waals surface area contributed by atoms with E-state index in [0.29, 0.717) is 0 Å². The molecule has 0 N–H and O–H groups in total. The maximum atomic E-state index is 11.2. The van der Waals surface area contributed by atoms with Crippen molar-refractivity contribution in [3.05, 3.63) is 23.9 Å². The van der Waals surface area contributed by atoms with Crippen molar-refractivity contribution in [1.82, 2.24) is 4.98 Å². The third-order valence-corrected chi connectivity index (χ3v) is 2.64. The van der Waals surface area contributed by atoms with Crippen LogP contribution in [0.5, 0.6) is 0 Å². The van der Waals surface area contributed by atoms with Crippen LogP contribution in [0, 0.1) is 0 Å². The van der Waals surface area contributed by atoms with Gasteiger partial charge in [-0.1, -0.05) is 19.8 Å². The van der Waals surface area contributed by atoms with E-state index in [0.717, 1.165) is 17.9 Å². The molecule has 1 aromatic rings. The number of hydrogen-bond acceptors (Lipinski definition) is 3. The highest BCUT2D eigenvalue weighted by atomic mass is 16.1. The monoisotopic (exact) mass is 220 g/mol. The molecule has 0 bridgehead atoms. The van der Waals surface area contributed by atoms with Crippen LogP contribution in [0.2, 0.25) is 0 Å². The molecule has 0 radical (unpaired) electrons. The molecular formula is C13H20N2O. The van der Waals surface area contributed by atoms with Gasteiger partial charge < -0.3 is 4.90 Å². The van der Waals surface area contributed by atoms with Crippen molar-refractivity contribution in [3.63, 3.8) is 0 Å². The molecule has 0 unspecified atom stereocenters. The standard InChI is InChI=1S/C13H20N2O/c1-4-5-6-9-15(3)13-10-12(11(2)16)7-8-14-13/h7-8,10H,4-6,9H2,1-3H3. The quantitative estimate of drug-likeness (QED) is 0.546. The Morgan fingerprint density at radius 1 is 1.44 bits per heavy atom. The Balaban J connectivity index is 2.64. The molecule has 0 saturated heterocycles. The largest absolute Gasteiger partial charge is 0.360 e.